The standard InChI is InChI=1S/C16H24N2O3/c1-12(16(19)18-8-4-5-9-18)21-14-7-6-13(11-17-2)10-15(14)20-3/h6-7,10,12,17H,4-5,8-9,11H2,1-3H3. The normalized spacial score (nSPS) is 15.9. The van der Waals surface area contributed by atoms with E-state index in [-0.39, 0.29) is 5.91 Å². The lowest BCUT2D eigenvalue weighted by molar-refractivity contribution is -0.136. The molecule has 116 valence electrons. The summed E-state index contributed by atoms with van der Waals surface area (Å²) in [7, 11) is 3.51. The average Bonchev–Trinajstić information content (AvgIpc) is 3.02. The fourth-order valence-corrected chi connectivity index (χ4v) is 2.56. The topological polar surface area (TPSA) is 50.8 Å². The molecule has 0 spiro atoms. The predicted molar refractivity (Wildman–Crippen MR) is 81.7 cm³/mol. The van der Waals surface area contributed by atoms with E-state index in [1.807, 2.05) is 30.1 Å². The highest BCUT2D eigenvalue weighted by Crippen LogP contribution is 2.29. The van der Waals surface area contributed by atoms with E-state index in [2.05, 4.69) is 5.32 Å². The van der Waals surface area contributed by atoms with Crippen LogP contribution in [0.1, 0.15) is 25.3 Å². The van der Waals surface area contributed by atoms with Gasteiger partial charge in [0.2, 0.25) is 0 Å². The number of amides is 1. The smallest absolute Gasteiger partial charge is 0.263 e. The average molecular weight is 292 g/mol. The van der Waals surface area contributed by atoms with Crippen LogP contribution >= 0.6 is 0 Å². The Balaban J connectivity index is 2.05. The lowest BCUT2D eigenvalue weighted by Gasteiger charge is -2.22. The second-order valence-electron chi connectivity index (χ2n) is 5.31. The molecular weight excluding hydrogens is 268 g/mol. The van der Waals surface area contributed by atoms with Gasteiger partial charge in [-0.2, -0.15) is 0 Å². The van der Waals surface area contributed by atoms with E-state index in [9.17, 15) is 4.79 Å². The molecule has 2 rings (SSSR count). The lowest BCUT2D eigenvalue weighted by Crippen LogP contribution is -2.38. The summed E-state index contributed by atoms with van der Waals surface area (Å²) in [5.74, 6) is 1.31. The number of benzene rings is 1. The summed E-state index contributed by atoms with van der Waals surface area (Å²) < 4.78 is 11.2. The molecule has 21 heavy (non-hydrogen) atoms. The van der Waals surface area contributed by atoms with Crippen molar-refractivity contribution < 1.29 is 14.3 Å². The number of rotatable bonds is 6. The van der Waals surface area contributed by atoms with Gasteiger partial charge in [-0.05, 0) is 44.5 Å². The largest absolute Gasteiger partial charge is 0.493 e. The van der Waals surface area contributed by atoms with Gasteiger partial charge in [-0.3, -0.25) is 4.79 Å². The molecule has 0 bridgehead atoms. The van der Waals surface area contributed by atoms with Gasteiger partial charge in [0, 0.05) is 19.6 Å². The first-order valence-corrected chi connectivity index (χ1v) is 7.42. The van der Waals surface area contributed by atoms with Gasteiger partial charge in [0.1, 0.15) is 0 Å². The van der Waals surface area contributed by atoms with Crippen molar-refractivity contribution in [3.05, 3.63) is 23.8 Å². The quantitative estimate of drug-likeness (QED) is 0.869. The Hall–Kier alpha value is -1.75. The molecule has 5 heteroatoms. The fraction of sp³-hybridized carbons (Fsp3) is 0.562. The molecule has 0 aliphatic carbocycles. The van der Waals surface area contributed by atoms with Crippen LogP contribution in [0.5, 0.6) is 11.5 Å². The zero-order valence-electron chi connectivity index (χ0n) is 13.0. The molecule has 1 amide bonds. The molecule has 1 aromatic rings. The number of carbonyl (C=O) groups is 1. The first kappa shape index (κ1) is 15.6. The minimum atomic E-state index is -0.493. The highest BCUT2D eigenvalue weighted by Gasteiger charge is 2.25. The van der Waals surface area contributed by atoms with E-state index in [0.29, 0.717) is 11.5 Å². The summed E-state index contributed by atoms with van der Waals surface area (Å²) in [6.07, 6.45) is 1.67. The highest BCUT2D eigenvalue weighted by molar-refractivity contribution is 5.81. The molecule has 1 aliphatic heterocycles. The Bertz CT molecular complexity index is 484. The molecule has 1 saturated heterocycles. The molecule has 1 atom stereocenters. The molecule has 1 aliphatic rings. The number of ether oxygens (including phenoxy) is 2. The summed E-state index contributed by atoms with van der Waals surface area (Å²) in [6, 6.07) is 5.76. The molecule has 0 saturated carbocycles. The summed E-state index contributed by atoms with van der Waals surface area (Å²) in [5, 5.41) is 3.09. The van der Waals surface area contributed by atoms with Crippen LogP contribution in [0.15, 0.2) is 18.2 Å². The molecule has 1 unspecified atom stereocenters. The van der Waals surface area contributed by atoms with Gasteiger partial charge in [0.05, 0.1) is 7.11 Å². The van der Waals surface area contributed by atoms with E-state index < -0.39 is 6.10 Å². The third-order valence-electron chi connectivity index (χ3n) is 3.68. The van der Waals surface area contributed by atoms with Crippen molar-refractivity contribution in [3.63, 3.8) is 0 Å². The number of nitrogens with one attached hydrogen (secondary N) is 1. The van der Waals surface area contributed by atoms with Gasteiger partial charge in [-0.15, -0.1) is 0 Å². The SMILES string of the molecule is CNCc1ccc(OC(C)C(=O)N2CCCC2)c(OC)c1. The van der Waals surface area contributed by atoms with E-state index in [4.69, 9.17) is 9.47 Å². The lowest BCUT2D eigenvalue weighted by atomic mass is 10.2. The maximum atomic E-state index is 12.3. The summed E-state index contributed by atoms with van der Waals surface area (Å²) >= 11 is 0. The number of likely N-dealkylation sites (tertiary alicyclic amines) is 1. The van der Waals surface area contributed by atoms with Gasteiger partial charge in [0.15, 0.2) is 17.6 Å². The summed E-state index contributed by atoms with van der Waals surface area (Å²) in [5.41, 5.74) is 1.11. The van der Waals surface area contributed by atoms with Crippen molar-refractivity contribution in [1.82, 2.24) is 10.2 Å². The van der Waals surface area contributed by atoms with Gasteiger partial charge >= 0.3 is 0 Å². The molecular formula is C16H24N2O3. The molecule has 1 N–H and O–H groups in total. The fourth-order valence-electron chi connectivity index (χ4n) is 2.56. The molecule has 5 nitrogen and oxygen atoms in total. The van der Waals surface area contributed by atoms with Crippen LogP contribution in [0.25, 0.3) is 0 Å². The monoisotopic (exact) mass is 292 g/mol. The van der Waals surface area contributed by atoms with Gasteiger partial charge in [-0.1, -0.05) is 6.07 Å². The van der Waals surface area contributed by atoms with Crippen LogP contribution in [0.4, 0.5) is 0 Å². The van der Waals surface area contributed by atoms with Gasteiger partial charge < -0.3 is 19.7 Å². The third-order valence-corrected chi connectivity index (χ3v) is 3.68. The Morgan fingerprint density at radius 3 is 2.67 bits per heavy atom. The van der Waals surface area contributed by atoms with Crippen LogP contribution in [0.3, 0.4) is 0 Å². The molecule has 0 aromatic heterocycles. The Morgan fingerprint density at radius 1 is 1.33 bits per heavy atom. The van der Waals surface area contributed by atoms with Crippen LogP contribution in [-0.4, -0.2) is 44.2 Å². The summed E-state index contributed by atoms with van der Waals surface area (Å²) in [6.45, 7) is 4.23. The number of nitrogens with zero attached hydrogens (tertiary/aromatic N) is 1. The van der Waals surface area contributed by atoms with Crippen molar-refractivity contribution in [3.8, 4) is 11.5 Å². The minimum Gasteiger partial charge on any atom is -0.493 e. The Morgan fingerprint density at radius 2 is 2.05 bits per heavy atom. The Kier molecular flexibility index (Phi) is 5.44. The van der Waals surface area contributed by atoms with Crippen molar-refractivity contribution >= 4 is 5.91 Å². The van der Waals surface area contributed by atoms with Gasteiger partial charge in [0.25, 0.3) is 5.91 Å². The maximum absolute atomic E-state index is 12.3. The van der Waals surface area contributed by atoms with Crippen molar-refractivity contribution in [1.29, 1.82) is 0 Å². The van der Waals surface area contributed by atoms with Crippen molar-refractivity contribution in [2.24, 2.45) is 0 Å². The van der Waals surface area contributed by atoms with E-state index in [1.165, 1.54) is 0 Å². The predicted octanol–water partition coefficient (Wildman–Crippen LogP) is 1.80. The molecule has 1 heterocycles. The first-order valence-electron chi connectivity index (χ1n) is 7.42. The third kappa shape index (κ3) is 3.88. The van der Waals surface area contributed by atoms with E-state index >= 15 is 0 Å². The number of hydrogen-bond donors (Lipinski definition) is 1. The van der Waals surface area contributed by atoms with E-state index in [1.54, 1.807) is 14.0 Å². The minimum absolute atomic E-state index is 0.0499. The zero-order valence-corrected chi connectivity index (χ0v) is 13.0. The van der Waals surface area contributed by atoms with Crippen LogP contribution in [0.2, 0.25) is 0 Å². The second kappa shape index (κ2) is 7.31. The van der Waals surface area contributed by atoms with Crippen LogP contribution in [-0.2, 0) is 11.3 Å². The summed E-state index contributed by atoms with van der Waals surface area (Å²) in [4.78, 5) is 14.1. The molecule has 0 radical (unpaired) electrons. The molecule has 1 aromatic carbocycles. The zero-order chi connectivity index (χ0) is 15.2. The van der Waals surface area contributed by atoms with E-state index in [0.717, 1.165) is 38.0 Å². The highest BCUT2D eigenvalue weighted by atomic mass is 16.5. The van der Waals surface area contributed by atoms with Crippen molar-refractivity contribution in [2.45, 2.75) is 32.4 Å². The number of methoxy groups -OCH3 is 1. The Labute approximate surface area is 126 Å². The maximum Gasteiger partial charge on any atom is 0.263 e. The second-order valence-corrected chi connectivity index (χ2v) is 5.31. The van der Waals surface area contributed by atoms with Crippen LogP contribution < -0.4 is 14.8 Å². The number of hydrogen-bond acceptors (Lipinski definition) is 4. The van der Waals surface area contributed by atoms with Crippen molar-refractivity contribution in [2.75, 3.05) is 27.2 Å². The first-order chi connectivity index (χ1) is 10.2. The van der Waals surface area contributed by atoms with Gasteiger partial charge in [-0.25, -0.2) is 0 Å². The number of carbonyl (C=O) groups excluding carboxylic acids is 1. The van der Waals surface area contributed by atoms with Crippen LogP contribution in [0, 0.1) is 0 Å². The molecule has 1 fully saturated rings.